The molecule has 0 saturated heterocycles. The first-order chi connectivity index (χ1) is 3.92. The summed E-state index contributed by atoms with van der Waals surface area (Å²) in [6, 6.07) is 0. The highest BCUT2D eigenvalue weighted by Crippen LogP contribution is 1.92. The molecule has 0 aliphatic heterocycles. The average molecular weight is 257 g/mol. The van der Waals surface area contributed by atoms with Crippen molar-refractivity contribution in [1.29, 1.82) is 0 Å². The maximum absolute atomic E-state index is 10.5. The number of carbonyl (C=O) groups is 1. The van der Waals surface area contributed by atoms with Crippen molar-refractivity contribution in [3.8, 4) is 0 Å². The molecule has 0 fully saturated rings. The first kappa shape index (κ1) is 13.0. The van der Waals surface area contributed by atoms with Crippen LogP contribution in [0, 0.1) is 0 Å². The lowest BCUT2D eigenvalue weighted by atomic mass is 10.3. The highest BCUT2D eigenvalue weighted by Gasteiger charge is 2.06. The van der Waals surface area contributed by atoms with E-state index in [0.29, 0.717) is 6.42 Å². The summed E-state index contributed by atoms with van der Waals surface area (Å²) in [5.41, 5.74) is 0. The van der Waals surface area contributed by atoms with E-state index in [9.17, 15) is 4.79 Å². The predicted octanol–water partition coefficient (Wildman–Crippen LogP) is -2.32. The standard InChI is InChI=1S/C7H16NO.HI/c1-7(9)5-6-8(2,3)4;/h5-6H2,1-4H3;1H/q+1;/p-1. The van der Waals surface area contributed by atoms with Crippen molar-refractivity contribution in [2.45, 2.75) is 13.3 Å². The van der Waals surface area contributed by atoms with Crippen LogP contribution in [0.25, 0.3) is 0 Å². The second-order valence-corrected chi connectivity index (χ2v) is 3.47. The van der Waals surface area contributed by atoms with Crippen LogP contribution in [0.1, 0.15) is 13.3 Å². The molecule has 3 heteroatoms. The van der Waals surface area contributed by atoms with Crippen molar-refractivity contribution in [2.75, 3.05) is 27.7 Å². The second kappa shape index (κ2) is 5.07. The van der Waals surface area contributed by atoms with Crippen molar-refractivity contribution >= 4 is 5.78 Å². The van der Waals surface area contributed by atoms with Gasteiger partial charge < -0.3 is 28.5 Å². The van der Waals surface area contributed by atoms with E-state index in [1.54, 1.807) is 6.92 Å². The van der Waals surface area contributed by atoms with Gasteiger partial charge in [0, 0.05) is 0 Å². The van der Waals surface area contributed by atoms with Gasteiger partial charge in [-0.05, 0) is 6.92 Å². The van der Waals surface area contributed by atoms with Gasteiger partial charge in [0.2, 0.25) is 0 Å². The number of rotatable bonds is 3. The Kier molecular flexibility index (Phi) is 6.58. The highest BCUT2D eigenvalue weighted by atomic mass is 127. The van der Waals surface area contributed by atoms with Crippen molar-refractivity contribution in [1.82, 2.24) is 0 Å². The van der Waals surface area contributed by atoms with Gasteiger partial charge in [-0.25, -0.2) is 0 Å². The number of ketones is 1. The van der Waals surface area contributed by atoms with Gasteiger partial charge in [0.25, 0.3) is 0 Å². The molecule has 0 N–H and O–H groups in total. The Bertz CT molecular complexity index is 107. The van der Waals surface area contributed by atoms with Gasteiger partial charge in [0.1, 0.15) is 5.78 Å². The lowest BCUT2D eigenvalue weighted by molar-refractivity contribution is -0.869. The molecule has 62 valence electrons. The van der Waals surface area contributed by atoms with Crippen LogP contribution in [0.5, 0.6) is 0 Å². The fourth-order valence-corrected chi connectivity index (χ4v) is 0.493. The third-order valence-electron chi connectivity index (χ3n) is 1.13. The number of carbonyl (C=O) groups excluding carboxylic acids is 1. The first-order valence-corrected chi connectivity index (χ1v) is 3.22. The van der Waals surface area contributed by atoms with Crippen LogP contribution in [0.4, 0.5) is 0 Å². The summed E-state index contributed by atoms with van der Waals surface area (Å²) in [5.74, 6) is 0.281. The Morgan fingerprint density at radius 3 is 1.80 bits per heavy atom. The van der Waals surface area contributed by atoms with Crippen LogP contribution in [0.2, 0.25) is 0 Å². The summed E-state index contributed by atoms with van der Waals surface area (Å²) in [6.07, 6.45) is 0.698. The molecule has 0 aliphatic carbocycles. The molecule has 10 heavy (non-hydrogen) atoms. The third kappa shape index (κ3) is 11.2. The number of hydrogen-bond acceptors (Lipinski definition) is 1. The van der Waals surface area contributed by atoms with Gasteiger partial charge in [-0.1, -0.05) is 0 Å². The zero-order valence-electron chi connectivity index (χ0n) is 7.15. The Labute approximate surface area is 80.2 Å². The Morgan fingerprint density at radius 2 is 1.70 bits per heavy atom. The SMILES string of the molecule is CC(=O)CC[N+](C)(C)C.[I-]. The monoisotopic (exact) mass is 257 g/mol. The van der Waals surface area contributed by atoms with Crippen LogP contribution in [0.3, 0.4) is 0 Å². The fourth-order valence-electron chi connectivity index (χ4n) is 0.493. The summed E-state index contributed by atoms with van der Waals surface area (Å²) in [4.78, 5) is 10.5. The van der Waals surface area contributed by atoms with Gasteiger partial charge in [-0.3, -0.25) is 4.79 Å². The Hall–Kier alpha value is 0.360. The molecular formula is C7H16INO. The summed E-state index contributed by atoms with van der Waals surface area (Å²) < 4.78 is 0.875. The van der Waals surface area contributed by atoms with Crippen molar-refractivity contribution in [3.05, 3.63) is 0 Å². The van der Waals surface area contributed by atoms with Crippen molar-refractivity contribution in [3.63, 3.8) is 0 Å². The molecule has 0 spiro atoms. The smallest absolute Gasteiger partial charge is 0.135 e. The Morgan fingerprint density at radius 1 is 1.30 bits per heavy atom. The van der Waals surface area contributed by atoms with E-state index >= 15 is 0 Å². The zero-order valence-corrected chi connectivity index (χ0v) is 9.31. The lowest BCUT2D eigenvalue weighted by Crippen LogP contribution is -3.00. The molecule has 2 nitrogen and oxygen atoms in total. The van der Waals surface area contributed by atoms with Crippen molar-refractivity contribution in [2.24, 2.45) is 0 Å². The minimum Gasteiger partial charge on any atom is -1.00 e. The maximum atomic E-state index is 10.5. The number of hydrogen-bond donors (Lipinski definition) is 0. The van der Waals surface area contributed by atoms with Gasteiger partial charge in [0.05, 0.1) is 34.1 Å². The van der Waals surface area contributed by atoms with Gasteiger partial charge in [-0.2, -0.15) is 0 Å². The molecular weight excluding hydrogens is 241 g/mol. The van der Waals surface area contributed by atoms with E-state index in [-0.39, 0.29) is 29.8 Å². The maximum Gasteiger partial charge on any atom is 0.135 e. The lowest BCUT2D eigenvalue weighted by Gasteiger charge is -2.22. The molecule has 0 amide bonds. The molecule has 0 aromatic rings. The van der Waals surface area contributed by atoms with Gasteiger partial charge in [-0.15, -0.1) is 0 Å². The minimum atomic E-state index is 0. The van der Waals surface area contributed by atoms with Crippen LogP contribution in [-0.2, 0) is 4.79 Å². The summed E-state index contributed by atoms with van der Waals surface area (Å²) >= 11 is 0. The number of nitrogens with zero attached hydrogens (tertiary/aromatic N) is 1. The van der Waals surface area contributed by atoms with Crippen LogP contribution in [-0.4, -0.2) is 38.0 Å². The van der Waals surface area contributed by atoms with Gasteiger partial charge in [0.15, 0.2) is 0 Å². The molecule has 0 aromatic carbocycles. The molecule has 0 unspecified atom stereocenters. The predicted molar refractivity (Wildman–Crippen MR) is 38.2 cm³/mol. The number of halogens is 1. The van der Waals surface area contributed by atoms with E-state index in [1.165, 1.54) is 0 Å². The third-order valence-corrected chi connectivity index (χ3v) is 1.13. The molecule has 0 aliphatic rings. The molecule has 0 heterocycles. The molecule has 0 aromatic heterocycles. The van der Waals surface area contributed by atoms with Gasteiger partial charge >= 0.3 is 0 Å². The quantitative estimate of drug-likeness (QED) is 0.409. The first-order valence-electron chi connectivity index (χ1n) is 3.22. The van der Waals surface area contributed by atoms with Crippen molar-refractivity contribution < 1.29 is 33.3 Å². The topological polar surface area (TPSA) is 17.1 Å². The zero-order chi connectivity index (χ0) is 7.49. The van der Waals surface area contributed by atoms with E-state index in [4.69, 9.17) is 0 Å². The molecule has 0 atom stereocenters. The second-order valence-electron chi connectivity index (χ2n) is 3.47. The van der Waals surface area contributed by atoms with E-state index in [1.807, 2.05) is 0 Å². The minimum absolute atomic E-state index is 0. The molecule has 0 bridgehead atoms. The summed E-state index contributed by atoms with van der Waals surface area (Å²) in [7, 11) is 6.26. The molecule has 0 rings (SSSR count). The van der Waals surface area contributed by atoms with Crippen LogP contribution in [0.15, 0.2) is 0 Å². The summed E-state index contributed by atoms with van der Waals surface area (Å²) in [5, 5.41) is 0. The molecule has 0 saturated carbocycles. The summed E-state index contributed by atoms with van der Waals surface area (Å²) in [6.45, 7) is 2.57. The van der Waals surface area contributed by atoms with E-state index in [0.717, 1.165) is 11.0 Å². The fraction of sp³-hybridized carbons (Fsp3) is 0.857. The van der Waals surface area contributed by atoms with Crippen LogP contribution < -0.4 is 24.0 Å². The number of quaternary nitrogens is 1. The largest absolute Gasteiger partial charge is 1.00 e. The number of Topliss-reactive ketones (excluding diaryl/α,β-unsaturated/α-hetero) is 1. The van der Waals surface area contributed by atoms with E-state index in [2.05, 4.69) is 21.1 Å². The normalized spacial score (nSPS) is 10.4. The van der Waals surface area contributed by atoms with E-state index < -0.39 is 0 Å². The van der Waals surface area contributed by atoms with Crippen LogP contribution >= 0.6 is 0 Å². The Balaban J connectivity index is 0. The highest BCUT2D eigenvalue weighted by molar-refractivity contribution is 5.75. The molecule has 0 radical (unpaired) electrons. The average Bonchev–Trinajstić information content (AvgIpc) is 1.59.